The van der Waals surface area contributed by atoms with E-state index < -0.39 is 90.9 Å². The monoisotopic (exact) mass is 821 g/mol. The van der Waals surface area contributed by atoms with Gasteiger partial charge in [-0.1, -0.05) is 54.6 Å². The van der Waals surface area contributed by atoms with E-state index in [0.717, 1.165) is 23.9 Å². The van der Waals surface area contributed by atoms with Gasteiger partial charge in [0.1, 0.15) is 65.6 Å². The molecule has 3 aliphatic rings. The van der Waals surface area contributed by atoms with Gasteiger partial charge in [0.05, 0.1) is 18.4 Å². The number of rotatable bonds is 12. The van der Waals surface area contributed by atoms with Crippen LogP contribution in [0, 0.1) is 5.82 Å². The van der Waals surface area contributed by atoms with Crippen molar-refractivity contribution in [3.63, 3.8) is 0 Å². The average Bonchev–Trinajstić information content (AvgIpc) is 3.23. The Morgan fingerprint density at radius 2 is 1.41 bits per heavy atom. The molecule has 306 valence electrons. The molecule has 5 unspecified atom stereocenters. The summed E-state index contributed by atoms with van der Waals surface area (Å²) in [5.41, 5.74) is 2.58. The second kappa shape index (κ2) is 17.2. The molecule has 17 heteroatoms. The topological polar surface area (TPSA) is 244 Å². The predicted molar refractivity (Wildman–Crippen MR) is 203 cm³/mol. The molecular weight excluding hydrogens is 782 g/mol. The lowest BCUT2D eigenvalue weighted by atomic mass is 9.89. The normalized spacial score (nSPS) is 31.0. The van der Waals surface area contributed by atoms with Gasteiger partial charge in [0.15, 0.2) is 11.9 Å². The first-order chi connectivity index (χ1) is 27.8. The summed E-state index contributed by atoms with van der Waals surface area (Å²) in [5, 5.41) is 81.5. The molecule has 3 saturated heterocycles. The molecule has 4 aromatic carbocycles. The minimum absolute atomic E-state index is 0.0128. The number of β-lactam (4-membered cyclic amide) rings is 1. The smallest absolute Gasteiger partial charge is 0.335 e. The Labute approximate surface area is 334 Å². The van der Waals surface area contributed by atoms with Crippen molar-refractivity contribution in [2.45, 2.75) is 72.5 Å². The zero-order chi connectivity index (χ0) is 41.4. The Morgan fingerprint density at radius 1 is 0.759 bits per heavy atom. The van der Waals surface area contributed by atoms with Gasteiger partial charge in [0.25, 0.3) is 0 Å². The number of hydrogen-bond donors (Lipinski definition) is 8. The van der Waals surface area contributed by atoms with Crippen LogP contribution in [0.4, 0.5) is 10.1 Å². The molecule has 0 aliphatic carbocycles. The van der Waals surface area contributed by atoms with Gasteiger partial charge in [-0.3, -0.25) is 9.59 Å². The van der Waals surface area contributed by atoms with Crippen LogP contribution in [0.2, 0.25) is 0 Å². The Morgan fingerprint density at radius 3 is 2.07 bits per heavy atom. The molecule has 4 aromatic rings. The highest BCUT2D eigenvalue weighted by molar-refractivity contribution is 8.01. The second-order valence-corrected chi connectivity index (χ2v) is 15.3. The maximum absolute atomic E-state index is 13.9. The molecule has 58 heavy (non-hydrogen) atoms. The van der Waals surface area contributed by atoms with E-state index in [1.165, 1.54) is 17.0 Å². The van der Waals surface area contributed by atoms with Crippen molar-refractivity contribution in [3.05, 3.63) is 120 Å². The largest absolute Gasteiger partial charge is 0.479 e. The maximum Gasteiger partial charge on any atom is 0.335 e. The first kappa shape index (κ1) is 41.4. The van der Waals surface area contributed by atoms with Gasteiger partial charge in [0.2, 0.25) is 12.2 Å². The lowest BCUT2D eigenvalue weighted by Gasteiger charge is -2.47. The summed E-state index contributed by atoms with van der Waals surface area (Å²) >= 11 is 1.06. The van der Waals surface area contributed by atoms with Crippen LogP contribution in [-0.4, -0.2) is 131 Å². The number of nitrogens with zero attached hydrogens (tertiary/aromatic N) is 1. The third kappa shape index (κ3) is 7.98. The lowest BCUT2D eigenvalue weighted by molar-refractivity contribution is -0.271. The number of ether oxygens (including phenoxy) is 3. The molecule has 15 nitrogen and oxygen atoms in total. The number of Topliss-reactive ketones (excluding diaryl/α,β-unsaturated/α-hetero) is 1. The van der Waals surface area contributed by atoms with Crippen LogP contribution in [0.3, 0.4) is 0 Å². The second-order valence-electron chi connectivity index (χ2n) is 14.1. The van der Waals surface area contributed by atoms with Gasteiger partial charge in [0, 0.05) is 16.8 Å². The van der Waals surface area contributed by atoms with Crippen LogP contribution in [0.25, 0.3) is 11.1 Å². The van der Waals surface area contributed by atoms with Crippen LogP contribution < -0.4 is 9.64 Å². The van der Waals surface area contributed by atoms with E-state index in [0.29, 0.717) is 27.9 Å². The Hall–Kier alpha value is -4.79. The molecule has 0 radical (unpaired) electrons. The van der Waals surface area contributed by atoms with Crippen molar-refractivity contribution in [2.24, 2.45) is 0 Å². The number of aliphatic hydroxyl groups excluding tert-OH is 7. The number of carboxylic acid groups (broad SMARTS) is 1. The summed E-state index contributed by atoms with van der Waals surface area (Å²) in [6, 6.07) is 24.3. The number of amides is 1. The van der Waals surface area contributed by atoms with Crippen molar-refractivity contribution < 1.29 is 73.8 Å². The van der Waals surface area contributed by atoms with Crippen molar-refractivity contribution in [1.82, 2.24) is 0 Å². The summed E-state index contributed by atoms with van der Waals surface area (Å²) in [5.74, 6) is -2.99. The van der Waals surface area contributed by atoms with Crippen molar-refractivity contribution >= 4 is 35.1 Å². The number of ketones is 1. The molecule has 0 spiro atoms. The molecule has 8 N–H and O–H groups in total. The number of aliphatic hydroxyl groups is 7. The van der Waals surface area contributed by atoms with E-state index >= 15 is 0 Å². The molecule has 0 bridgehead atoms. The van der Waals surface area contributed by atoms with E-state index in [9.17, 15) is 59.6 Å². The number of benzene rings is 4. The molecule has 3 fully saturated rings. The highest BCUT2D eigenvalue weighted by Crippen LogP contribution is 2.49. The van der Waals surface area contributed by atoms with Crippen LogP contribution in [0.1, 0.15) is 33.6 Å². The Balaban J connectivity index is 1.25. The Kier molecular flexibility index (Phi) is 12.3. The molecule has 7 rings (SSSR count). The fourth-order valence-corrected chi connectivity index (χ4v) is 8.47. The van der Waals surface area contributed by atoms with Crippen molar-refractivity contribution in [3.8, 4) is 16.9 Å². The third-order valence-electron chi connectivity index (χ3n) is 10.5. The maximum atomic E-state index is 13.9. The summed E-state index contributed by atoms with van der Waals surface area (Å²) in [4.78, 5) is 40.5. The predicted octanol–water partition coefficient (Wildman–Crippen LogP) is 1.35. The number of halogens is 1. The van der Waals surface area contributed by atoms with Crippen LogP contribution in [0.5, 0.6) is 5.75 Å². The van der Waals surface area contributed by atoms with Gasteiger partial charge in [-0.05, 0) is 59.2 Å². The van der Waals surface area contributed by atoms with E-state index in [-0.39, 0.29) is 28.8 Å². The van der Waals surface area contributed by atoms with E-state index in [4.69, 9.17) is 14.2 Å². The average molecular weight is 822 g/mol. The fraction of sp³-hybridized carbons (Fsp3) is 0.341. The Bertz CT molecular complexity index is 2110. The molecular formula is C41H40FNO14S. The van der Waals surface area contributed by atoms with Gasteiger partial charge in [-0.2, -0.15) is 0 Å². The standard InChI is InChI=1S/C41H40FNO14S/c42-23-13-10-20(11-14-23)26(45)18-58-38-29(43(39(38)52)24-4-2-1-3-5-24)25-15-12-22(16-27(25)56-41-35(51)32(48)34(50)37(57-41)40(53)54)19-6-8-21(9-7-19)36-33(49)31(47)30(46)28(17-44)55-36/h1-16,28-38,41,44,46-51H,17-18H2,(H,53,54)/t28-,29-,30-,31+,32?,33-,34?,35?,36?,37?,38-,41-/m1/s1. The number of carboxylic acids is 1. The number of carbonyl (C=O) groups excluding carboxylic acids is 2. The summed E-state index contributed by atoms with van der Waals surface area (Å²) < 4.78 is 30.9. The highest BCUT2D eigenvalue weighted by atomic mass is 32.2. The molecule has 0 saturated carbocycles. The third-order valence-corrected chi connectivity index (χ3v) is 11.7. The fourth-order valence-electron chi connectivity index (χ4n) is 7.27. The summed E-state index contributed by atoms with van der Waals surface area (Å²) in [7, 11) is 0. The van der Waals surface area contributed by atoms with E-state index in [1.807, 2.05) is 0 Å². The summed E-state index contributed by atoms with van der Waals surface area (Å²) in [6.07, 6.45) is -16.5. The van der Waals surface area contributed by atoms with Gasteiger partial charge in [-0.25, -0.2) is 9.18 Å². The first-order valence-corrected chi connectivity index (χ1v) is 19.3. The molecule has 3 aliphatic heterocycles. The molecule has 12 atom stereocenters. The minimum Gasteiger partial charge on any atom is -0.479 e. The number of thioether (sulfide) groups is 1. The lowest BCUT2D eigenvalue weighted by Crippen LogP contribution is -2.61. The number of aliphatic carboxylic acids is 1. The van der Waals surface area contributed by atoms with Crippen LogP contribution >= 0.6 is 11.8 Å². The summed E-state index contributed by atoms with van der Waals surface area (Å²) in [6.45, 7) is -0.602. The number of carbonyl (C=O) groups is 3. The molecule has 0 aromatic heterocycles. The highest BCUT2D eigenvalue weighted by Gasteiger charge is 2.52. The van der Waals surface area contributed by atoms with Gasteiger partial charge < -0.3 is 60.0 Å². The van der Waals surface area contributed by atoms with E-state index in [1.54, 1.807) is 72.8 Å². The molecule has 3 heterocycles. The number of anilines is 1. The van der Waals surface area contributed by atoms with Crippen LogP contribution in [0.15, 0.2) is 97.1 Å². The van der Waals surface area contributed by atoms with Gasteiger partial charge >= 0.3 is 5.97 Å². The number of para-hydroxylation sites is 1. The SMILES string of the molecule is O=C(CS[C@H]1C(=O)N(c2ccccc2)[C@@H]1c1ccc(-c2ccc(C3O[C@H](CO)[C@@H](O)[C@H](O)[C@H]3O)cc2)cc1O[C@@H]1OC(C(=O)O)C(O)C(O)C1O)c1ccc(F)cc1. The quantitative estimate of drug-likeness (QED) is 0.0743. The zero-order valence-electron chi connectivity index (χ0n) is 30.3. The minimum atomic E-state index is -1.99. The van der Waals surface area contributed by atoms with E-state index in [2.05, 4.69) is 0 Å². The first-order valence-electron chi connectivity index (χ1n) is 18.2. The number of hydrogen-bond acceptors (Lipinski definition) is 14. The van der Waals surface area contributed by atoms with Crippen molar-refractivity contribution in [2.75, 3.05) is 17.3 Å². The zero-order valence-corrected chi connectivity index (χ0v) is 31.2. The molecule has 1 amide bonds. The van der Waals surface area contributed by atoms with Crippen molar-refractivity contribution in [1.29, 1.82) is 0 Å². The van der Waals surface area contributed by atoms with Gasteiger partial charge in [-0.15, -0.1) is 11.8 Å². The van der Waals surface area contributed by atoms with Crippen LogP contribution in [-0.2, 0) is 19.1 Å².